The molecule has 0 saturated carbocycles. The average Bonchev–Trinajstić information content (AvgIpc) is 4.01. The summed E-state index contributed by atoms with van der Waals surface area (Å²) in [5.41, 5.74) is 2.68. The lowest BCUT2D eigenvalue weighted by atomic mass is 9.95. The van der Waals surface area contributed by atoms with Crippen LogP contribution in [-0.2, 0) is 27.1 Å². The Morgan fingerprint density at radius 1 is 0.696 bits per heavy atom. The standard InChI is InChI=1S/C28H33N5O5.C23H25N5O3/c1-27(2,3)38-26(35)33-11-7-8-21(33)18-14-30-24(36-6)19-15-29-23(12-17(18)19)32-22-10-9-16-20(31-22)13-28(4,5)37-25(16)34;1-23(2)10-18-13(22(29)31-23)6-7-19(27-18)28-20-9-14-15(17-5-4-8-24-17)11-26-21(30-3)16(14)12-25-20/h9-10,12,14-15,21H,7-8,11,13H2,1-6H3,(H,29,31,32);6-7,9,11-12,17,24H,4-5,8,10H2,1-3H3,(H,25,27,28). The van der Waals surface area contributed by atoms with Gasteiger partial charge >= 0.3 is 18.0 Å². The Labute approximate surface area is 400 Å². The van der Waals surface area contributed by atoms with Crippen LogP contribution < -0.4 is 25.4 Å². The highest BCUT2D eigenvalue weighted by atomic mass is 16.6. The zero-order chi connectivity index (χ0) is 48.8. The van der Waals surface area contributed by atoms with Crippen molar-refractivity contribution < 1.29 is 38.1 Å². The summed E-state index contributed by atoms with van der Waals surface area (Å²) < 4.78 is 27.6. The van der Waals surface area contributed by atoms with E-state index in [1.165, 1.54) is 0 Å². The summed E-state index contributed by atoms with van der Waals surface area (Å²) in [5.74, 6) is 2.76. The van der Waals surface area contributed by atoms with E-state index >= 15 is 0 Å². The molecule has 1 amide bonds. The highest BCUT2D eigenvalue weighted by Crippen LogP contribution is 2.40. The highest BCUT2D eigenvalue weighted by molar-refractivity contribution is 5.94. The van der Waals surface area contributed by atoms with Crippen LogP contribution in [0.25, 0.3) is 21.5 Å². The van der Waals surface area contributed by atoms with Crippen LogP contribution in [0.5, 0.6) is 11.8 Å². The van der Waals surface area contributed by atoms with Gasteiger partial charge < -0.3 is 44.5 Å². The van der Waals surface area contributed by atoms with Gasteiger partial charge in [0.2, 0.25) is 11.8 Å². The van der Waals surface area contributed by atoms with Crippen LogP contribution in [0, 0.1) is 0 Å². The van der Waals surface area contributed by atoms with E-state index in [0.717, 1.165) is 70.6 Å². The van der Waals surface area contributed by atoms with E-state index in [1.54, 1.807) is 62.0 Å². The van der Waals surface area contributed by atoms with Crippen LogP contribution >= 0.6 is 0 Å². The van der Waals surface area contributed by atoms with E-state index in [-0.39, 0.29) is 30.1 Å². The first-order valence-corrected chi connectivity index (χ1v) is 23.3. The summed E-state index contributed by atoms with van der Waals surface area (Å²) >= 11 is 0. The maximum atomic E-state index is 13.0. The molecule has 6 aromatic rings. The van der Waals surface area contributed by atoms with Crippen LogP contribution in [0.2, 0.25) is 0 Å². The lowest BCUT2D eigenvalue weighted by molar-refractivity contribution is -0.00835. The van der Waals surface area contributed by atoms with Crippen molar-refractivity contribution >= 4 is 62.8 Å². The van der Waals surface area contributed by atoms with Gasteiger partial charge in [0, 0.05) is 55.8 Å². The molecule has 18 nitrogen and oxygen atoms in total. The molecular formula is C51H58N10O8. The van der Waals surface area contributed by atoms with Gasteiger partial charge in [0.25, 0.3) is 0 Å². The van der Waals surface area contributed by atoms with Crippen molar-refractivity contribution in [1.29, 1.82) is 0 Å². The lowest BCUT2D eigenvalue weighted by Crippen LogP contribution is -2.36. The number of anilines is 4. The van der Waals surface area contributed by atoms with Crippen molar-refractivity contribution in [3.8, 4) is 11.8 Å². The molecule has 18 heteroatoms. The van der Waals surface area contributed by atoms with E-state index in [2.05, 4.69) is 45.9 Å². The second-order valence-electron chi connectivity index (χ2n) is 19.9. The monoisotopic (exact) mass is 938 g/mol. The molecular weight excluding hydrogens is 881 g/mol. The summed E-state index contributed by atoms with van der Waals surface area (Å²) in [4.78, 5) is 66.8. The zero-order valence-corrected chi connectivity index (χ0v) is 40.5. The molecule has 2 atom stereocenters. The number of rotatable bonds is 8. The third kappa shape index (κ3) is 10.0. The first-order valence-electron chi connectivity index (χ1n) is 23.3. The van der Waals surface area contributed by atoms with Crippen LogP contribution in [0.1, 0.15) is 129 Å². The number of carbonyl (C=O) groups is 3. The fourth-order valence-corrected chi connectivity index (χ4v) is 9.38. The summed E-state index contributed by atoms with van der Waals surface area (Å²) in [6.07, 6.45) is 11.8. The predicted molar refractivity (Wildman–Crippen MR) is 259 cm³/mol. The molecule has 6 aromatic heterocycles. The molecule has 4 aliphatic rings. The van der Waals surface area contributed by atoms with Crippen molar-refractivity contribution in [2.45, 2.75) is 116 Å². The molecule has 0 aromatic carbocycles. The summed E-state index contributed by atoms with van der Waals surface area (Å²) in [6, 6.07) is 11.0. The van der Waals surface area contributed by atoms with Gasteiger partial charge in [-0.3, -0.25) is 0 Å². The minimum Gasteiger partial charge on any atom is -0.481 e. The Morgan fingerprint density at radius 2 is 1.22 bits per heavy atom. The number of nitrogens with one attached hydrogen (secondary N) is 3. The molecule has 0 aliphatic carbocycles. The molecule has 2 saturated heterocycles. The summed E-state index contributed by atoms with van der Waals surface area (Å²) in [6.45, 7) is 14.7. The number of cyclic esters (lactones) is 2. The van der Waals surface area contributed by atoms with Crippen molar-refractivity contribution in [2.24, 2.45) is 0 Å². The molecule has 10 rings (SSSR count). The van der Waals surface area contributed by atoms with E-state index in [0.29, 0.717) is 71.2 Å². The van der Waals surface area contributed by atoms with Crippen LogP contribution in [-0.4, -0.2) is 96.9 Å². The maximum absolute atomic E-state index is 13.0. The first-order chi connectivity index (χ1) is 32.9. The number of esters is 2. The van der Waals surface area contributed by atoms with Crippen molar-refractivity contribution in [3.05, 3.63) is 94.8 Å². The molecule has 2 unspecified atom stereocenters. The van der Waals surface area contributed by atoms with Gasteiger partial charge in [-0.1, -0.05) is 0 Å². The number of methoxy groups -OCH3 is 2. The van der Waals surface area contributed by atoms with Crippen LogP contribution in [0.3, 0.4) is 0 Å². The van der Waals surface area contributed by atoms with Gasteiger partial charge in [0.05, 0.1) is 53.5 Å². The number of hydrogen-bond donors (Lipinski definition) is 3. The van der Waals surface area contributed by atoms with Crippen molar-refractivity contribution in [1.82, 2.24) is 40.1 Å². The summed E-state index contributed by atoms with van der Waals surface area (Å²) in [7, 11) is 3.19. The van der Waals surface area contributed by atoms with Crippen molar-refractivity contribution in [3.63, 3.8) is 0 Å². The molecule has 0 bridgehead atoms. The molecule has 0 spiro atoms. The normalized spacial score (nSPS) is 19.1. The SMILES string of the molecule is COc1ncc(C2CCCN2)c2cc(Nc3ccc4c(n3)CC(C)(C)OC4=O)ncc12.COc1ncc(C2CCCN2C(=O)OC(C)(C)C)c2cc(Nc3ccc4c(n3)CC(C)(C)OC4=O)ncc12. The molecule has 69 heavy (non-hydrogen) atoms. The minimum absolute atomic E-state index is 0.184. The quantitative estimate of drug-likeness (QED) is 0.0959. The zero-order valence-electron chi connectivity index (χ0n) is 40.5. The fourth-order valence-electron chi connectivity index (χ4n) is 9.38. The number of hydrogen-bond acceptors (Lipinski definition) is 17. The molecule has 0 radical (unpaired) electrons. The number of likely N-dealkylation sites (tertiary alicyclic amines) is 1. The van der Waals surface area contributed by atoms with Gasteiger partial charge in [0.15, 0.2) is 0 Å². The van der Waals surface area contributed by atoms with Gasteiger partial charge in [-0.15, -0.1) is 0 Å². The number of amides is 1. The topological polar surface area (TPSA) is 214 Å². The van der Waals surface area contributed by atoms with Gasteiger partial charge in [-0.25, -0.2) is 44.3 Å². The number of ether oxygens (including phenoxy) is 5. The Kier molecular flexibility index (Phi) is 12.5. The Hall–Kier alpha value is -7.21. The second-order valence-corrected chi connectivity index (χ2v) is 19.9. The number of nitrogens with zero attached hydrogens (tertiary/aromatic N) is 7. The van der Waals surface area contributed by atoms with Gasteiger partial charge in [-0.2, -0.15) is 0 Å². The Bertz CT molecular complexity index is 2980. The first kappa shape index (κ1) is 46.9. The molecule has 10 heterocycles. The van der Waals surface area contributed by atoms with E-state index < -0.39 is 16.8 Å². The number of fused-ring (bicyclic) bond motifs is 4. The number of carbonyl (C=O) groups excluding carboxylic acids is 3. The third-order valence-corrected chi connectivity index (χ3v) is 12.4. The van der Waals surface area contributed by atoms with Crippen LogP contribution in [0.4, 0.5) is 28.1 Å². The van der Waals surface area contributed by atoms with E-state index in [9.17, 15) is 14.4 Å². The molecule has 360 valence electrons. The summed E-state index contributed by atoms with van der Waals surface area (Å²) in [5, 5.41) is 13.6. The lowest BCUT2D eigenvalue weighted by Gasteiger charge is -2.30. The number of aromatic nitrogens is 6. The molecule has 2 fully saturated rings. The molecule has 3 N–H and O–H groups in total. The van der Waals surface area contributed by atoms with Gasteiger partial charge in [0.1, 0.15) is 40.1 Å². The Morgan fingerprint density at radius 3 is 1.71 bits per heavy atom. The second kappa shape index (κ2) is 18.4. The third-order valence-electron chi connectivity index (χ3n) is 12.4. The van der Waals surface area contributed by atoms with E-state index in [4.69, 9.17) is 23.7 Å². The molecule has 4 aliphatic heterocycles. The van der Waals surface area contributed by atoms with Crippen molar-refractivity contribution in [2.75, 3.05) is 37.9 Å². The van der Waals surface area contributed by atoms with Crippen LogP contribution in [0.15, 0.2) is 61.2 Å². The van der Waals surface area contributed by atoms with Gasteiger partial charge in [-0.05, 0) is 133 Å². The average molecular weight is 939 g/mol. The maximum Gasteiger partial charge on any atom is 0.410 e. The smallest absolute Gasteiger partial charge is 0.410 e. The van der Waals surface area contributed by atoms with E-state index in [1.807, 2.05) is 66.8 Å². The number of pyridine rings is 6. The predicted octanol–water partition coefficient (Wildman–Crippen LogP) is 9.03. The fraction of sp³-hybridized carbons (Fsp3) is 0.431. The largest absolute Gasteiger partial charge is 0.481 e. The minimum atomic E-state index is -0.614. The highest BCUT2D eigenvalue weighted by Gasteiger charge is 2.37. The Balaban J connectivity index is 0.000000175.